The van der Waals surface area contributed by atoms with Crippen molar-refractivity contribution in [3.05, 3.63) is 46.4 Å². The maximum absolute atomic E-state index is 8.69. The second kappa shape index (κ2) is 8.32. The van der Waals surface area contributed by atoms with E-state index < -0.39 is 43.5 Å². The third-order valence-corrected chi connectivity index (χ3v) is 6.40. The van der Waals surface area contributed by atoms with Crippen molar-refractivity contribution in [1.29, 1.82) is 0 Å². The molecule has 0 N–H and O–H groups in total. The quantitative estimate of drug-likeness (QED) is 0.544. The van der Waals surface area contributed by atoms with E-state index in [1.54, 1.807) is 35.8 Å². The third kappa shape index (κ3) is 4.07. The van der Waals surface area contributed by atoms with Gasteiger partial charge in [-0.15, -0.1) is 11.3 Å². The van der Waals surface area contributed by atoms with Gasteiger partial charge in [0.1, 0.15) is 5.75 Å². The summed E-state index contributed by atoms with van der Waals surface area (Å²) in [5, 5.41) is 1.76. The molecule has 2 fully saturated rings. The van der Waals surface area contributed by atoms with Gasteiger partial charge in [0.25, 0.3) is 0 Å². The highest BCUT2D eigenvalue weighted by Crippen LogP contribution is 2.50. The molecule has 3 heterocycles. The van der Waals surface area contributed by atoms with Gasteiger partial charge in [0.15, 0.2) is 0 Å². The van der Waals surface area contributed by atoms with Crippen LogP contribution in [0.3, 0.4) is 0 Å². The van der Waals surface area contributed by atoms with Gasteiger partial charge in [0.05, 0.1) is 16.8 Å². The number of thiophene rings is 1. The number of rotatable bonds is 7. The predicted octanol–water partition coefficient (Wildman–Crippen LogP) is 5.93. The van der Waals surface area contributed by atoms with E-state index >= 15 is 0 Å². The Morgan fingerprint density at radius 2 is 2.22 bits per heavy atom. The summed E-state index contributed by atoms with van der Waals surface area (Å²) in [7, 11) is -2.55. The van der Waals surface area contributed by atoms with Crippen molar-refractivity contribution in [2.24, 2.45) is 0 Å². The standard InChI is InChI=1S/C23H31NO2S/c1-25-19-10-17-27-20(19)8-2-4-11-22(21-9-3-7-15-24-21)14-16-26-23(18-22)12-5-6-13-23/h3,7,9-10,15,17H,2,4-6,8,11-14,16,18H2,1H3/t22-/m1/s1/i1D3,5D2,6D2,12D2,13D2. The van der Waals surface area contributed by atoms with Crippen molar-refractivity contribution in [2.75, 3.05) is 13.6 Å². The zero-order chi connectivity index (χ0) is 28.3. The predicted molar refractivity (Wildman–Crippen MR) is 111 cm³/mol. The Bertz CT molecular complexity index is 1110. The monoisotopic (exact) mass is 396 g/mol. The highest BCUT2D eigenvalue weighted by Gasteiger charge is 2.48. The summed E-state index contributed by atoms with van der Waals surface area (Å²) in [6.45, 7) is -0.0801. The van der Waals surface area contributed by atoms with Gasteiger partial charge in [-0.3, -0.25) is 4.98 Å². The largest absolute Gasteiger partial charge is 0.496 e. The minimum atomic E-state index is -3.14. The zero-order valence-electron chi connectivity index (χ0n) is 26.1. The summed E-state index contributed by atoms with van der Waals surface area (Å²) in [6.07, 6.45) is -8.27. The lowest BCUT2D eigenvalue weighted by atomic mass is 9.67. The van der Waals surface area contributed by atoms with Crippen LogP contribution >= 0.6 is 11.3 Å². The van der Waals surface area contributed by atoms with E-state index in [9.17, 15) is 0 Å². The van der Waals surface area contributed by atoms with Gasteiger partial charge in [-0.2, -0.15) is 0 Å². The van der Waals surface area contributed by atoms with Crippen LogP contribution in [0.5, 0.6) is 5.75 Å². The van der Waals surface area contributed by atoms with Crippen LogP contribution in [-0.4, -0.2) is 24.2 Å². The molecule has 0 unspecified atom stereocenters. The summed E-state index contributed by atoms with van der Waals surface area (Å²) >= 11 is 1.40. The molecule has 1 aliphatic heterocycles. The summed E-state index contributed by atoms with van der Waals surface area (Å²) in [4.78, 5) is 5.30. The lowest BCUT2D eigenvalue weighted by Crippen LogP contribution is -2.46. The van der Waals surface area contributed by atoms with Gasteiger partial charge in [0.2, 0.25) is 0 Å². The second-order valence-electron chi connectivity index (χ2n) is 7.11. The Balaban J connectivity index is 1.63. The molecule has 3 nitrogen and oxygen atoms in total. The fourth-order valence-corrected chi connectivity index (χ4v) is 4.92. The first-order valence-electron chi connectivity index (χ1n) is 14.8. The van der Waals surface area contributed by atoms with Crippen LogP contribution < -0.4 is 4.74 Å². The SMILES string of the molecule is [2H]C([2H])([2H])Oc1ccsc1CCCC[C@@]1(c2ccccn2)CCOC2(C1)C([2H])([2H])C([2H])([2H])C([2H])([2H])C2([2H])[2H]. The van der Waals surface area contributed by atoms with E-state index in [0.29, 0.717) is 43.5 Å². The Morgan fingerprint density at radius 3 is 3.04 bits per heavy atom. The van der Waals surface area contributed by atoms with E-state index in [2.05, 4.69) is 4.98 Å². The Hall–Kier alpha value is -1.39. The number of pyridine rings is 1. The van der Waals surface area contributed by atoms with Crippen molar-refractivity contribution in [1.82, 2.24) is 4.98 Å². The molecule has 2 aliphatic rings. The van der Waals surface area contributed by atoms with Crippen molar-refractivity contribution in [3.8, 4) is 5.75 Å². The lowest BCUT2D eigenvalue weighted by Gasteiger charge is -2.46. The minimum Gasteiger partial charge on any atom is -0.496 e. The number of aromatic nitrogens is 1. The van der Waals surface area contributed by atoms with E-state index in [1.165, 1.54) is 11.3 Å². The molecular formula is C23H31NO2S. The fraction of sp³-hybridized carbons (Fsp3) is 0.609. The van der Waals surface area contributed by atoms with Gasteiger partial charge in [0, 0.05) is 39.8 Å². The number of hydrogen-bond acceptors (Lipinski definition) is 4. The van der Waals surface area contributed by atoms with Crippen LogP contribution in [0.25, 0.3) is 0 Å². The maximum atomic E-state index is 8.69. The number of aryl methyl sites for hydroxylation is 1. The van der Waals surface area contributed by atoms with E-state index in [4.69, 9.17) is 24.6 Å². The van der Waals surface area contributed by atoms with E-state index in [1.807, 2.05) is 0 Å². The molecule has 0 radical (unpaired) electrons. The van der Waals surface area contributed by atoms with Crippen LogP contribution in [0, 0.1) is 0 Å². The van der Waals surface area contributed by atoms with Crippen LogP contribution in [0.4, 0.5) is 0 Å². The molecule has 1 aliphatic carbocycles. The second-order valence-corrected chi connectivity index (χ2v) is 8.12. The van der Waals surface area contributed by atoms with Crippen molar-refractivity contribution < 1.29 is 24.6 Å². The Labute approximate surface area is 182 Å². The minimum absolute atomic E-state index is 0.0801. The van der Waals surface area contributed by atoms with Gasteiger partial charge < -0.3 is 9.47 Å². The maximum Gasteiger partial charge on any atom is 0.132 e. The molecule has 4 rings (SSSR count). The van der Waals surface area contributed by atoms with Crippen LogP contribution in [0.2, 0.25) is 0 Å². The lowest BCUT2D eigenvalue weighted by molar-refractivity contribution is -0.104. The number of methoxy groups -OCH3 is 1. The van der Waals surface area contributed by atoms with E-state index in [-0.39, 0.29) is 13.0 Å². The molecule has 0 bridgehead atoms. The normalized spacial score (nSPS) is 38.3. The fourth-order valence-electron chi connectivity index (χ4n) is 4.08. The van der Waals surface area contributed by atoms with Crippen molar-refractivity contribution in [3.63, 3.8) is 0 Å². The molecule has 1 saturated heterocycles. The molecule has 0 aromatic carbocycles. The molecular weight excluding hydrogens is 354 g/mol. The first-order chi connectivity index (χ1) is 17.4. The number of ether oxygens (including phenoxy) is 2. The zero-order valence-corrected chi connectivity index (χ0v) is 15.9. The molecule has 2 aromatic rings. The van der Waals surface area contributed by atoms with Crippen LogP contribution in [-0.2, 0) is 16.6 Å². The van der Waals surface area contributed by atoms with Crippen LogP contribution in [0.15, 0.2) is 35.8 Å². The molecule has 27 heavy (non-hydrogen) atoms. The van der Waals surface area contributed by atoms with E-state index in [0.717, 1.165) is 4.88 Å². The Morgan fingerprint density at radius 1 is 1.30 bits per heavy atom. The number of unbranched alkanes of at least 4 members (excludes halogenated alkanes) is 1. The number of hydrogen-bond donors (Lipinski definition) is 0. The third-order valence-electron chi connectivity index (χ3n) is 5.44. The average Bonchev–Trinajstić information content (AvgIpc) is 3.28. The summed E-state index contributed by atoms with van der Waals surface area (Å²) in [6, 6.07) is 6.92. The highest BCUT2D eigenvalue weighted by molar-refractivity contribution is 7.10. The molecule has 146 valence electrons. The molecule has 1 spiro atoms. The first-order valence-corrected chi connectivity index (χ1v) is 10.1. The van der Waals surface area contributed by atoms with Crippen molar-refractivity contribution >= 4 is 11.3 Å². The summed E-state index contributed by atoms with van der Waals surface area (Å²) < 4.78 is 101. The highest BCUT2D eigenvalue weighted by atomic mass is 32.1. The Kier molecular flexibility index (Phi) is 3.05. The molecule has 4 heteroatoms. The molecule has 1 atom stereocenters. The smallest absolute Gasteiger partial charge is 0.132 e. The summed E-state index contributed by atoms with van der Waals surface area (Å²) in [5.41, 5.74) is -2.66. The van der Waals surface area contributed by atoms with Crippen LogP contribution in [0.1, 0.15) is 83.2 Å². The van der Waals surface area contributed by atoms with Crippen molar-refractivity contribution in [2.45, 2.75) is 75.0 Å². The average molecular weight is 397 g/mol. The van der Waals surface area contributed by atoms with Gasteiger partial charge in [-0.1, -0.05) is 25.2 Å². The first kappa shape index (κ1) is 9.89. The van der Waals surface area contributed by atoms with Gasteiger partial charge in [-0.25, -0.2) is 0 Å². The molecule has 1 saturated carbocycles. The topological polar surface area (TPSA) is 31.4 Å². The number of nitrogens with zero attached hydrogens (tertiary/aromatic N) is 1. The van der Waals surface area contributed by atoms with Gasteiger partial charge >= 0.3 is 0 Å². The molecule has 2 aromatic heterocycles. The molecule has 0 amide bonds. The summed E-state index contributed by atoms with van der Waals surface area (Å²) in [5.74, 6) is 0.316. The van der Waals surface area contributed by atoms with Gasteiger partial charge in [-0.05, 0) is 68.4 Å².